The van der Waals surface area contributed by atoms with Crippen LogP contribution < -0.4 is 0 Å². The molecule has 3 aliphatic carbocycles. The molecular weight excluding hydrogens is 464 g/mol. The van der Waals surface area contributed by atoms with E-state index in [1.165, 1.54) is 71.2 Å². The summed E-state index contributed by atoms with van der Waals surface area (Å²) in [7, 11) is 0. The van der Waals surface area contributed by atoms with Gasteiger partial charge in [0.15, 0.2) is 0 Å². The molecule has 1 heteroatoms. The van der Waals surface area contributed by atoms with Gasteiger partial charge in [-0.2, -0.15) is 0 Å². The highest BCUT2D eigenvalue weighted by Crippen LogP contribution is 2.64. The van der Waals surface area contributed by atoms with Crippen LogP contribution in [0.5, 0.6) is 0 Å². The average Bonchev–Trinajstić information content (AvgIpc) is 3.47. The third-order valence-electron chi connectivity index (χ3n) is 7.98. The number of benzene rings is 5. The molecule has 1 atom stereocenters. The summed E-state index contributed by atoms with van der Waals surface area (Å²) in [5.74, 6) is 0. The van der Waals surface area contributed by atoms with E-state index in [4.69, 9.17) is 0 Å². The monoisotopic (exact) mass is 482 g/mol. The van der Waals surface area contributed by atoms with E-state index in [2.05, 4.69) is 119 Å². The Labute approximate surface area is 201 Å². The van der Waals surface area contributed by atoms with Crippen molar-refractivity contribution in [2.75, 3.05) is 0 Å². The zero-order chi connectivity index (χ0) is 21.7. The summed E-state index contributed by atoms with van der Waals surface area (Å²) in [6, 6.07) is 38.7. The molecule has 0 aromatic heterocycles. The van der Waals surface area contributed by atoms with Crippen molar-refractivity contribution < 1.29 is 0 Å². The van der Waals surface area contributed by atoms with Gasteiger partial charge in [-0.3, -0.25) is 0 Å². The van der Waals surface area contributed by atoms with Gasteiger partial charge in [-0.1, -0.05) is 101 Å². The van der Waals surface area contributed by atoms with E-state index in [1.54, 1.807) is 0 Å². The van der Waals surface area contributed by atoms with Gasteiger partial charge in [-0.05, 0) is 85.8 Å². The Kier molecular flexibility index (Phi) is 3.35. The summed E-state index contributed by atoms with van der Waals surface area (Å²) < 4.78 is 1.17. The third-order valence-corrected chi connectivity index (χ3v) is 8.64. The summed E-state index contributed by atoms with van der Waals surface area (Å²) in [6.07, 6.45) is 1.02. The lowest BCUT2D eigenvalue weighted by molar-refractivity contribution is 0.793. The van der Waals surface area contributed by atoms with Crippen molar-refractivity contribution in [1.29, 1.82) is 0 Å². The minimum absolute atomic E-state index is 0.284. The van der Waals surface area contributed by atoms with Crippen LogP contribution in [0.3, 0.4) is 0 Å². The second-order valence-electron chi connectivity index (χ2n) is 9.39. The second kappa shape index (κ2) is 6.12. The molecule has 0 saturated carbocycles. The molecule has 0 N–H and O–H groups in total. The Balaban J connectivity index is 1.57. The van der Waals surface area contributed by atoms with E-state index in [1.807, 2.05) is 0 Å². The van der Waals surface area contributed by atoms with Gasteiger partial charge in [0.05, 0.1) is 5.41 Å². The molecule has 8 rings (SSSR count). The minimum atomic E-state index is -0.284. The molecule has 5 aromatic rings. The number of rotatable bonds is 0. The maximum atomic E-state index is 3.90. The van der Waals surface area contributed by atoms with Gasteiger partial charge >= 0.3 is 0 Å². The van der Waals surface area contributed by atoms with Crippen molar-refractivity contribution in [3.8, 4) is 33.4 Å². The quantitative estimate of drug-likeness (QED) is 0.203. The van der Waals surface area contributed by atoms with Gasteiger partial charge in [-0.15, -0.1) is 0 Å². The zero-order valence-electron chi connectivity index (χ0n) is 17.9. The standard InChI is InChI=1S/C32H19Br/c33-30-15-7-14-28-31(30)23-11-4-6-13-27(23)32(28)26-12-5-3-10-22(26)25-17-20-16-19-8-1-2-9-21(19)24(20)18-29(25)32/h1-15,17-18H,16H2. The Bertz CT molecular complexity index is 1660. The highest BCUT2D eigenvalue weighted by Gasteiger charge is 2.52. The van der Waals surface area contributed by atoms with Crippen LogP contribution in [0.15, 0.2) is 108 Å². The SMILES string of the molecule is Brc1cccc2c1-c1ccccc1C21c2ccccc2-c2cc3c(cc21)-c1ccccc1C3. The fourth-order valence-electron chi connectivity index (χ4n) is 6.77. The first kappa shape index (κ1) is 18.1. The van der Waals surface area contributed by atoms with Crippen molar-refractivity contribution >= 4 is 15.9 Å². The van der Waals surface area contributed by atoms with Gasteiger partial charge in [-0.25, -0.2) is 0 Å². The molecule has 3 aliphatic rings. The molecule has 33 heavy (non-hydrogen) atoms. The van der Waals surface area contributed by atoms with Crippen LogP contribution >= 0.6 is 15.9 Å². The van der Waals surface area contributed by atoms with Crippen LogP contribution in [0.2, 0.25) is 0 Å². The Morgan fingerprint density at radius 1 is 0.485 bits per heavy atom. The molecule has 0 heterocycles. The van der Waals surface area contributed by atoms with Crippen LogP contribution in [0.25, 0.3) is 33.4 Å². The fourth-order valence-corrected chi connectivity index (χ4v) is 7.35. The molecule has 0 amide bonds. The van der Waals surface area contributed by atoms with Crippen LogP contribution in [0, 0.1) is 0 Å². The summed E-state index contributed by atoms with van der Waals surface area (Å²) in [6.45, 7) is 0. The molecule has 154 valence electrons. The molecule has 0 nitrogen and oxygen atoms in total. The molecule has 0 radical (unpaired) electrons. The van der Waals surface area contributed by atoms with Crippen LogP contribution in [0.4, 0.5) is 0 Å². The van der Waals surface area contributed by atoms with Crippen molar-refractivity contribution in [1.82, 2.24) is 0 Å². The predicted octanol–water partition coefficient (Wildman–Crippen LogP) is 8.36. The van der Waals surface area contributed by atoms with E-state index in [9.17, 15) is 0 Å². The molecule has 1 spiro atoms. The summed E-state index contributed by atoms with van der Waals surface area (Å²) >= 11 is 3.90. The van der Waals surface area contributed by atoms with Crippen molar-refractivity contribution in [3.05, 3.63) is 141 Å². The van der Waals surface area contributed by atoms with E-state index in [0.717, 1.165) is 6.42 Å². The van der Waals surface area contributed by atoms with Gasteiger partial charge in [0.25, 0.3) is 0 Å². The van der Waals surface area contributed by atoms with Crippen LogP contribution in [-0.2, 0) is 11.8 Å². The summed E-state index contributed by atoms with van der Waals surface area (Å²) in [4.78, 5) is 0. The second-order valence-corrected chi connectivity index (χ2v) is 10.2. The van der Waals surface area contributed by atoms with Crippen LogP contribution in [0.1, 0.15) is 33.4 Å². The highest BCUT2D eigenvalue weighted by atomic mass is 79.9. The smallest absolute Gasteiger partial charge is 0.0619 e. The van der Waals surface area contributed by atoms with Gasteiger partial charge < -0.3 is 0 Å². The maximum absolute atomic E-state index is 3.90. The van der Waals surface area contributed by atoms with E-state index >= 15 is 0 Å². The maximum Gasteiger partial charge on any atom is 0.0726 e. The van der Waals surface area contributed by atoms with Gasteiger partial charge in [0.1, 0.15) is 0 Å². The molecule has 1 unspecified atom stereocenters. The molecular formula is C32H19Br. The fraction of sp³-hybridized carbons (Fsp3) is 0.0625. The largest absolute Gasteiger partial charge is 0.0726 e. The van der Waals surface area contributed by atoms with Crippen LogP contribution in [-0.4, -0.2) is 0 Å². The number of fused-ring (bicyclic) bond motifs is 13. The highest BCUT2D eigenvalue weighted by molar-refractivity contribution is 9.10. The predicted molar refractivity (Wildman–Crippen MR) is 139 cm³/mol. The zero-order valence-corrected chi connectivity index (χ0v) is 19.5. The average molecular weight is 483 g/mol. The van der Waals surface area contributed by atoms with Crippen molar-refractivity contribution in [2.24, 2.45) is 0 Å². The normalized spacial score (nSPS) is 17.8. The Morgan fingerprint density at radius 3 is 2.00 bits per heavy atom. The lowest BCUT2D eigenvalue weighted by atomic mass is 9.70. The molecule has 0 aliphatic heterocycles. The topological polar surface area (TPSA) is 0 Å². The first-order valence-corrected chi connectivity index (χ1v) is 12.3. The number of hydrogen-bond donors (Lipinski definition) is 0. The molecule has 0 bridgehead atoms. The molecule has 5 aromatic carbocycles. The minimum Gasteiger partial charge on any atom is -0.0619 e. The van der Waals surface area contributed by atoms with Gasteiger partial charge in [0, 0.05) is 10.0 Å². The lowest BCUT2D eigenvalue weighted by Gasteiger charge is -2.30. The molecule has 0 fully saturated rings. The lowest BCUT2D eigenvalue weighted by Crippen LogP contribution is -2.25. The first-order valence-electron chi connectivity index (χ1n) is 11.5. The van der Waals surface area contributed by atoms with Crippen molar-refractivity contribution in [3.63, 3.8) is 0 Å². The van der Waals surface area contributed by atoms with E-state index < -0.39 is 0 Å². The summed E-state index contributed by atoms with van der Waals surface area (Å²) in [5, 5.41) is 0. The molecule has 0 saturated heterocycles. The van der Waals surface area contributed by atoms with E-state index in [0.29, 0.717) is 0 Å². The Morgan fingerprint density at radius 2 is 1.15 bits per heavy atom. The third kappa shape index (κ3) is 2.04. The number of hydrogen-bond acceptors (Lipinski definition) is 0. The number of halogens is 1. The van der Waals surface area contributed by atoms with Crippen molar-refractivity contribution in [2.45, 2.75) is 11.8 Å². The summed E-state index contributed by atoms with van der Waals surface area (Å²) in [5.41, 5.74) is 16.4. The first-order chi connectivity index (χ1) is 16.3. The Hall–Kier alpha value is -3.42. The van der Waals surface area contributed by atoms with Gasteiger partial charge in [0.2, 0.25) is 0 Å². The van der Waals surface area contributed by atoms with E-state index in [-0.39, 0.29) is 5.41 Å².